The van der Waals surface area contributed by atoms with Gasteiger partial charge in [-0.25, -0.2) is 4.79 Å². The van der Waals surface area contributed by atoms with Gasteiger partial charge in [-0.15, -0.1) is 0 Å². The van der Waals surface area contributed by atoms with Gasteiger partial charge in [-0.1, -0.05) is 19.9 Å². The zero-order valence-electron chi connectivity index (χ0n) is 20.2. The maximum absolute atomic E-state index is 12.5. The molecule has 194 valence electrons. The Morgan fingerprint density at radius 2 is 2.00 bits per heavy atom. The third-order valence-corrected chi connectivity index (χ3v) is 9.32. The molecule has 1 aromatic rings. The standard InChI is InChI=1S/C26H36O9/c1-14-6-8-26-13-33-23(31)16(26)4-3-5-19(26)25(14,2)10-17(15-7-9-32-12-15)34-24-22(30)21(29)20(28)18(11-27)35-24/h4,7,9,12,14,17-22,24,27-30H,3,5-6,8,10-11,13H2,1-2H3. The molecule has 1 spiro atoms. The van der Waals surface area contributed by atoms with Crippen molar-refractivity contribution in [2.45, 2.75) is 82.8 Å². The Bertz CT molecular complexity index is 943. The topological polar surface area (TPSA) is 139 Å². The van der Waals surface area contributed by atoms with E-state index in [2.05, 4.69) is 19.9 Å². The average Bonchev–Trinajstić information content (AvgIpc) is 3.50. The van der Waals surface area contributed by atoms with Gasteiger partial charge in [0.05, 0.1) is 25.2 Å². The summed E-state index contributed by atoms with van der Waals surface area (Å²) in [6.07, 6.45) is 2.08. The summed E-state index contributed by atoms with van der Waals surface area (Å²) < 4.78 is 22.9. The van der Waals surface area contributed by atoms with Gasteiger partial charge in [0, 0.05) is 16.6 Å². The van der Waals surface area contributed by atoms with Gasteiger partial charge in [0.25, 0.3) is 0 Å². The fraction of sp³-hybridized carbons (Fsp3) is 0.731. The van der Waals surface area contributed by atoms with Crippen molar-refractivity contribution in [3.8, 4) is 0 Å². The predicted molar refractivity (Wildman–Crippen MR) is 122 cm³/mol. The van der Waals surface area contributed by atoms with Crippen LogP contribution >= 0.6 is 0 Å². The first-order valence-electron chi connectivity index (χ1n) is 12.6. The zero-order chi connectivity index (χ0) is 25.0. The lowest BCUT2D eigenvalue weighted by Gasteiger charge is -2.57. The number of furan rings is 1. The highest BCUT2D eigenvalue weighted by Crippen LogP contribution is 2.64. The summed E-state index contributed by atoms with van der Waals surface area (Å²) in [4.78, 5) is 12.5. The van der Waals surface area contributed by atoms with Gasteiger partial charge in [-0.2, -0.15) is 0 Å². The number of aliphatic hydroxyl groups excluding tert-OH is 4. The molecule has 2 saturated heterocycles. The van der Waals surface area contributed by atoms with Crippen LogP contribution in [0.5, 0.6) is 0 Å². The highest BCUT2D eigenvalue weighted by atomic mass is 16.7. The minimum Gasteiger partial charge on any atom is -0.472 e. The Balaban J connectivity index is 1.45. The molecule has 3 fully saturated rings. The molecule has 9 heteroatoms. The van der Waals surface area contributed by atoms with Crippen LogP contribution < -0.4 is 0 Å². The number of hydrogen-bond donors (Lipinski definition) is 4. The number of cyclic esters (lactones) is 1. The Morgan fingerprint density at radius 1 is 1.20 bits per heavy atom. The molecule has 4 aliphatic rings. The van der Waals surface area contributed by atoms with Crippen LogP contribution in [0.25, 0.3) is 0 Å². The fourth-order valence-electron chi connectivity index (χ4n) is 7.08. The third-order valence-electron chi connectivity index (χ3n) is 9.32. The Morgan fingerprint density at radius 3 is 2.71 bits per heavy atom. The van der Waals surface area contributed by atoms with Crippen molar-refractivity contribution in [1.29, 1.82) is 0 Å². The van der Waals surface area contributed by atoms with Crippen molar-refractivity contribution in [2.24, 2.45) is 22.7 Å². The first-order chi connectivity index (χ1) is 16.7. The molecule has 0 amide bonds. The van der Waals surface area contributed by atoms with Crippen LogP contribution in [0.3, 0.4) is 0 Å². The largest absolute Gasteiger partial charge is 0.472 e. The van der Waals surface area contributed by atoms with Crippen molar-refractivity contribution in [3.63, 3.8) is 0 Å². The Hall–Kier alpha value is -1.75. The molecule has 0 radical (unpaired) electrons. The van der Waals surface area contributed by atoms with E-state index in [-0.39, 0.29) is 22.7 Å². The molecule has 2 aliphatic heterocycles. The minimum atomic E-state index is -1.52. The first-order valence-corrected chi connectivity index (χ1v) is 12.6. The second kappa shape index (κ2) is 9.28. The molecule has 2 aliphatic carbocycles. The molecule has 4 N–H and O–H groups in total. The molecular weight excluding hydrogens is 456 g/mol. The highest BCUT2D eigenvalue weighted by molar-refractivity contribution is 5.92. The fourth-order valence-corrected chi connectivity index (χ4v) is 7.08. The number of carbonyl (C=O) groups is 1. The van der Waals surface area contributed by atoms with E-state index in [1.165, 1.54) is 0 Å². The smallest absolute Gasteiger partial charge is 0.334 e. The van der Waals surface area contributed by atoms with E-state index in [1.54, 1.807) is 18.6 Å². The molecule has 1 saturated carbocycles. The van der Waals surface area contributed by atoms with Gasteiger partial charge in [-0.3, -0.25) is 0 Å². The van der Waals surface area contributed by atoms with E-state index in [1.807, 2.05) is 0 Å². The van der Waals surface area contributed by atoms with E-state index in [0.29, 0.717) is 18.9 Å². The number of ether oxygens (including phenoxy) is 3. The van der Waals surface area contributed by atoms with Crippen molar-refractivity contribution in [2.75, 3.05) is 13.2 Å². The van der Waals surface area contributed by atoms with Crippen LogP contribution in [0.2, 0.25) is 0 Å². The lowest BCUT2D eigenvalue weighted by atomic mass is 9.46. The summed E-state index contributed by atoms with van der Waals surface area (Å²) in [6, 6.07) is 1.80. The van der Waals surface area contributed by atoms with E-state index in [9.17, 15) is 25.2 Å². The summed E-state index contributed by atoms with van der Waals surface area (Å²) in [5.41, 5.74) is 1.06. The third kappa shape index (κ3) is 3.97. The van der Waals surface area contributed by atoms with E-state index in [4.69, 9.17) is 18.6 Å². The second-order valence-electron chi connectivity index (χ2n) is 11.0. The van der Waals surface area contributed by atoms with Gasteiger partial charge in [0.1, 0.15) is 31.0 Å². The van der Waals surface area contributed by atoms with Gasteiger partial charge in [0.15, 0.2) is 6.29 Å². The van der Waals surface area contributed by atoms with Gasteiger partial charge in [0.2, 0.25) is 0 Å². The summed E-state index contributed by atoms with van der Waals surface area (Å²) in [6.45, 7) is 4.37. The molecule has 9 nitrogen and oxygen atoms in total. The van der Waals surface area contributed by atoms with Gasteiger partial charge >= 0.3 is 5.97 Å². The van der Waals surface area contributed by atoms with E-state index < -0.39 is 43.4 Å². The Kier molecular flexibility index (Phi) is 6.61. The summed E-state index contributed by atoms with van der Waals surface area (Å²) in [5, 5.41) is 40.6. The summed E-state index contributed by atoms with van der Waals surface area (Å²) in [7, 11) is 0. The molecule has 10 unspecified atom stereocenters. The monoisotopic (exact) mass is 492 g/mol. The first kappa shape index (κ1) is 24.9. The quantitative estimate of drug-likeness (QED) is 0.438. The molecular formula is C26H36O9. The van der Waals surface area contributed by atoms with Gasteiger partial charge in [-0.05, 0) is 55.4 Å². The predicted octanol–water partition coefficient (Wildman–Crippen LogP) is 1.84. The second-order valence-corrected chi connectivity index (χ2v) is 11.0. The number of hydrogen-bond acceptors (Lipinski definition) is 9. The number of carbonyl (C=O) groups excluding carboxylic acids is 1. The molecule has 35 heavy (non-hydrogen) atoms. The zero-order valence-corrected chi connectivity index (χ0v) is 20.2. The van der Waals surface area contributed by atoms with Crippen LogP contribution in [0.15, 0.2) is 34.7 Å². The van der Waals surface area contributed by atoms with Crippen LogP contribution in [0.1, 0.15) is 57.6 Å². The van der Waals surface area contributed by atoms with Crippen LogP contribution in [-0.2, 0) is 19.0 Å². The van der Waals surface area contributed by atoms with Crippen molar-refractivity contribution in [3.05, 3.63) is 35.8 Å². The summed E-state index contributed by atoms with van der Waals surface area (Å²) >= 11 is 0. The van der Waals surface area contributed by atoms with Crippen molar-refractivity contribution >= 4 is 5.97 Å². The summed E-state index contributed by atoms with van der Waals surface area (Å²) in [5.74, 6) is 0.342. The minimum absolute atomic E-state index is 0.199. The SMILES string of the molecule is CC1CCC23COC(=O)C2=CCCC3C1(C)CC(OC1OC(CO)C(O)C(O)C1O)c1ccoc1. The van der Waals surface area contributed by atoms with Crippen LogP contribution in [0.4, 0.5) is 0 Å². The normalized spacial score (nSPS) is 44.2. The number of allylic oxidation sites excluding steroid dienone is 1. The molecule has 3 heterocycles. The lowest BCUT2D eigenvalue weighted by Crippen LogP contribution is -2.59. The Labute approximate surface area is 204 Å². The number of aliphatic hydroxyl groups is 4. The van der Waals surface area contributed by atoms with E-state index >= 15 is 0 Å². The van der Waals surface area contributed by atoms with Crippen molar-refractivity contribution < 1.29 is 43.8 Å². The molecule has 0 bridgehead atoms. The highest BCUT2D eigenvalue weighted by Gasteiger charge is 2.61. The molecule has 0 aromatic carbocycles. The lowest BCUT2D eigenvalue weighted by molar-refractivity contribution is -0.315. The van der Waals surface area contributed by atoms with Crippen molar-refractivity contribution in [1.82, 2.24) is 0 Å². The van der Waals surface area contributed by atoms with Crippen LogP contribution in [-0.4, -0.2) is 70.3 Å². The molecule has 5 rings (SSSR count). The molecule has 10 atom stereocenters. The number of esters is 1. The van der Waals surface area contributed by atoms with E-state index in [0.717, 1.165) is 36.8 Å². The maximum atomic E-state index is 12.5. The average molecular weight is 493 g/mol. The van der Waals surface area contributed by atoms with Gasteiger partial charge < -0.3 is 39.1 Å². The molecule has 1 aromatic heterocycles. The maximum Gasteiger partial charge on any atom is 0.334 e. The van der Waals surface area contributed by atoms with Crippen LogP contribution in [0, 0.1) is 22.7 Å². The number of rotatable bonds is 6.